The minimum absolute atomic E-state index is 0.119. The van der Waals surface area contributed by atoms with Crippen molar-refractivity contribution in [3.63, 3.8) is 0 Å². The van der Waals surface area contributed by atoms with Crippen molar-refractivity contribution in [1.29, 1.82) is 0 Å². The van der Waals surface area contributed by atoms with Crippen LogP contribution in [0.3, 0.4) is 0 Å². The van der Waals surface area contributed by atoms with Crippen molar-refractivity contribution in [3.8, 4) is 5.75 Å². The SMILES string of the molecule is COCCC(C)Nc1ccc(N)c(OC(C)C)c1. The molecule has 0 saturated heterocycles. The summed E-state index contributed by atoms with van der Waals surface area (Å²) in [6.45, 7) is 6.85. The first-order valence-electron chi connectivity index (χ1n) is 6.34. The topological polar surface area (TPSA) is 56.5 Å². The normalized spacial score (nSPS) is 12.5. The molecular formula is C14H24N2O2. The largest absolute Gasteiger partial charge is 0.489 e. The average molecular weight is 252 g/mol. The molecule has 4 heteroatoms. The number of hydrogen-bond donors (Lipinski definition) is 2. The molecule has 102 valence electrons. The van der Waals surface area contributed by atoms with Gasteiger partial charge in [-0.15, -0.1) is 0 Å². The van der Waals surface area contributed by atoms with Crippen LogP contribution in [-0.2, 0) is 4.74 Å². The van der Waals surface area contributed by atoms with Gasteiger partial charge in [-0.2, -0.15) is 0 Å². The van der Waals surface area contributed by atoms with E-state index in [0.717, 1.165) is 24.5 Å². The van der Waals surface area contributed by atoms with E-state index in [1.54, 1.807) is 7.11 Å². The third-order valence-electron chi connectivity index (χ3n) is 2.54. The van der Waals surface area contributed by atoms with Gasteiger partial charge in [0.25, 0.3) is 0 Å². The predicted molar refractivity (Wildman–Crippen MR) is 76.2 cm³/mol. The molecule has 0 aromatic heterocycles. The zero-order valence-electron chi connectivity index (χ0n) is 11.7. The van der Waals surface area contributed by atoms with Crippen molar-refractivity contribution in [2.75, 3.05) is 24.8 Å². The number of benzene rings is 1. The molecule has 0 radical (unpaired) electrons. The Morgan fingerprint density at radius 2 is 2.00 bits per heavy atom. The van der Waals surface area contributed by atoms with Crippen LogP contribution in [0, 0.1) is 0 Å². The molecule has 1 aromatic carbocycles. The summed E-state index contributed by atoms with van der Waals surface area (Å²) < 4.78 is 10.7. The maximum absolute atomic E-state index is 5.88. The van der Waals surface area contributed by atoms with Crippen molar-refractivity contribution >= 4 is 11.4 Å². The zero-order chi connectivity index (χ0) is 13.5. The second kappa shape index (κ2) is 7.11. The van der Waals surface area contributed by atoms with Crippen LogP contribution in [0.4, 0.5) is 11.4 Å². The molecule has 1 aromatic rings. The van der Waals surface area contributed by atoms with Crippen molar-refractivity contribution in [2.24, 2.45) is 0 Å². The molecule has 18 heavy (non-hydrogen) atoms. The number of nitrogens with one attached hydrogen (secondary N) is 1. The Kier molecular flexibility index (Phi) is 5.78. The van der Waals surface area contributed by atoms with E-state index >= 15 is 0 Å². The van der Waals surface area contributed by atoms with Gasteiger partial charge in [0, 0.05) is 31.5 Å². The molecule has 3 N–H and O–H groups in total. The van der Waals surface area contributed by atoms with Crippen LogP contribution in [0.5, 0.6) is 5.75 Å². The van der Waals surface area contributed by atoms with Crippen LogP contribution in [0.2, 0.25) is 0 Å². The molecule has 0 heterocycles. The minimum atomic E-state index is 0.119. The molecule has 0 saturated carbocycles. The third-order valence-corrected chi connectivity index (χ3v) is 2.54. The Balaban J connectivity index is 2.66. The van der Waals surface area contributed by atoms with Gasteiger partial charge in [0.1, 0.15) is 5.75 Å². The highest BCUT2D eigenvalue weighted by molar-refractivity contribution is 5.61. The number of hydrogen-bond acceptors (Lipinski definition) is 4. The van der Waals surface area contributed by atoms with Gasteiger partial charge in [-0.1, -0.05) is 0 Å². The Bertz CT molecular complexity index is 367. The van der Waals surface area contributed by atoms with Gasteiger partial charge < -0.3 is 20.5 Å². The van der Waals surface area contributed by atoms with Crippen molar-refractivity contribution < 1.29 is 9.47 Å². The summed E-state index contributed by atoms with van der Waals surface area (Å²) in [6, 6.07) is 6.12. The van der Waals surface area contributed by atoms with Gasteiger partial charge in [-0.05, 0) is 39.3 Å². The van der Waals surface area contributed by atoms with E-state index in [4.69, 9.17) is 15.2 Å². The van der Waals surface area contributed by atoms with Crippen molar-refractivity contribution in [1.82, 2.24) is 0 Å². The van der Waals surface area contributed by atoms with E-state index in [-0.39, 0.29) is 6.10 Å². The fourth-order valence-electron chi connectivity index (χ4n) is 1.63. The lowest BCUT2D eigenvalue weighted by molar-refractivity contribution is 0.191. The van der Waals surface area contributed by atoms with Crippen LogP contribution >= 0.6 is 0 Å². The Morgan fingerprint density at radius 1 is 1.28 bits per heavy atom. The number of nitrogens with two attached hydrogens (primary N) is 1. The molecular weight excluding hydrogens is 228 g/mol. The summed E-state index contributed by atoms with van der Waals surface area (Å²) in [5.74, 6) is 0.731. The molecule has 0 aliphatic carbocycles. The Labute approximate surface area is 109 Å². The second-order valence-corrected chi connectivity index (χ2v) is 4.75. The van der Waals surface area contributed by atoms with Crippen molar-refractivity contribution in [2.45, 2.75) is 39.3 Å². The number of ether oxygens (including phenoxy) is 2. The molecule has 0 spiro atoms. The highest BCUT2D eigenvalue weighted by Gasteiger charge is 2.06. The van der Waals surface area contributed by atoms with Gasteiger partial charge in [-0.3, -0.25) is 0 Å². The van der Waals surface area contributed by atoms with Gasteiger partial charge >= 0.3 is 0 Å². The maximum atomic E-state index is 5.88. The Hall–Kier alpha value is -1.42. The van der Waals surface area contributed by atoms with Crippen LogP contribution < -0.4 is 15.8 Å². The lowest BCUT2D eigenvalue weighted by Gasteiger charge is -2.17. The monoisotopic (exact) mass is 252 g/mol. The van der Waals surface area contributed by atoms with E-state index in [1.165, 1.54) is 0 Å². The first kappa shape index (κ1) is 14.6. The summed E-state index contributed by atoms with van der Waals surface area (Å²) in [5, 5.41) is 3.40. The lowest BCUT2D eigenvalue weighted by Crippen LogP contribution is -2.17. The highest BCUT2D eigenvalue weighted by Crippen LogP contribution is 2.27. The van der Waals surface area contributed by atoms with Crippen LogP contribution in [-0.4, -0.2) is 25.9 Å². The fourth-order valence-corrected chi connectivity index (χ4v) is 1.63. The zero-order valence-corrected chi connectivity index (χ0v) is 11.7. The van der Waals surface area contributed by atoms with Crippen LogP contribution in [0.15, 0.2) is 18.2 Å². The van der Waals surface area contributed by atoms with Crippen LogP contribution in [0.1, 0.15) is 27.2 Å². The first-order valence-corrected chi connectivity index (χ1v) is 6.34. The number of rotatable bonds is 7. The molecule has 0 bridgehead atoms. The van der Waals surface area contributed by atoms with E-state index < -0.39 is 0 Å². The molecule has 1 atom stereocenters. The number of anilines is 2. The van der Waals surface area contributed by atoms with E-state index in [2.05, 4.69) is 12.2 Å². The number of methoxy groups -OCH3 is 1. The third kappa shape index (κ3) is 4.84. The average Bonchev–Trinajstić information content (AvgIpc) is 2.30. The van der Waals surface area contributed by atoms with Gasteiger partial charge in [0.2, 0.25) is 0 Å². The first-order chi connectivity index (χ1) is 8.52. The summed E-state index contributed by atoms with van der Waals surface area (Å²) >= 11 is 0. The second-order valence-electron chi connectivity index (χ2n) is 4.75. The van der Waals surface area contributed by atoms with E-state index in [1.807, 2.05) is 32.0 Å². The summed E-state index contributed by atoms with van der Waals surface area (Å²) in [5.41, 5.74) is 7.56. The maximum Gasteiger partial charge on any atom is 0.144 e. The molecule has 1 rings (SSSR count). The molecule has 0 amide bonds. The lowest BCUT2D eigenvalue weighted by atomic mass is 10.2. The smallest absolute Gasteiger partial charge is 0.144 e. The standard InChI is InChI=1S/C14H24N2O2/c1-10(2)18-14-9-12(5-6-13(14)15)16-11(3)7-8-17-4/h5-6,9-11,16H,7-8,15H2,1-4H3. The highest BCUT2D eigenvalue weighted by atomic mass is 16.5. The van der Waals surface area contributed by atoms with Gasteiger partial charge in [0.15, 0.2) is 0 Å². The number of nitrogen functional groups attached to an aromatic ring is 1. The quantitative estimate of drug-likeness (QED) is 0.733. The molecule has 1 unspecified atom stereocenters. The minimum Gasteiger partial charge on any atom is -0.489 e. The van der Waals surface area contributed by atoms with E-state index in [9.17, 15) is 0 Å². The molecule has 0 aliphatic heterocycles. The summed E-state index contributed by atoms with van der Waals surface area (Å²) in [4.78, 5) is 0. The predicted octanol–water partition coefficient (Wildman–Crippen LogP) is 2.89. The van der Waals surface area contributed by atoms with E-state index in [0.29, 0.717) is 11.7 Å². The van der Waals surface area contributed by atoms with Gasteiger partial charge in [0.05, 0.1) is 11.8 Å². The molecule has 0 aliphatic rings. The summed E-state index contributed by atoms with van der Waals surface area (Å²) in [6.07, 6.45) is 1.08. The van der Waals surface area contributed by atoms with Gasteiger partial charge in [-0.25, -0.2) is 0 Å². The Morgan fingerprint density at radius 3 is 2.61 bits per heavy atom. The fraction of sp³-hybridized carbons (Fsp3) is 0.571. The summed E-state index contributed by atoms with van der Waals surface area (Å²) in [7, 11) is 1.71. The molecule has 0 fully saturated rings. The molecule has 4 nitrogen and oxygen atoms in total. The van der Waals surface area contributed by atoms with Crippen molar-refractivity contribution in [3.05, 3.63) is 18.2 Å². The van der Waals surface area contributed by atoms with Crippen LogP contribution in [0.25, 0.3) is 0 Å².